The Kier molecular flexibility index (Phi) is 10.00. The molecular formula is C23H29F3N4O4S2. The zero-order chi connectivity index (χ0) is 26.3. The SMILES string of the molecule is CC(=O)O.CN1CCC(CNC2NC(=O)C(Cc3csc(-c4ccc(OC(F)(F)F)cc4)n3)S2)CC1. The number of nitrogens with zero attached hydrogens (tertiary/aromatic N) is 2. The number of halogens is 3. The number of aromatic nitrogens is 1. The average molecular weight is 547 g/mol. The van der Waals surface area contributed by atoms with Gasteiger partial charge in [0.1, 0.15) is 16.3 Å². The maximum atomic E-state index is 12.4. The van der Waals surface area contributed by atoms with E-state index in [1.54, 1.807) is 23.9 Å². The highest BCUT2D eigenvalue weighted by Crippen LogP contribution is 2.31. The number of hydrogen-bond donors (Lipinski definition) is 3. The van der Waals surface area contributed by atoms with Crippen molar-refractivity contribution in [1.82, 2.24) is 20.5 Å². The van der Waals surface area contributed by atoms with Crippen LogP contribution >= 0.6 is 23.1 Å². The molecule has 0 aliphatic carbocycles. The Morgan fingerprint density at radius 1 is 1.28 bits per heavy atom. The smallest absolute Gasteiger partial charge is 0.481 e. The van der Waals surface area contributed by atoms with Crippen LogP contribution in [0.2, 0.25) is 0 Å². The fraction of sp³-hybridized carbons (Fsp3) is 0.522. The third kappa shape index (κ3) is 9.26. The molecule has 2 aromatic rings. The number of ether oxygens (including phenoxy) is 1. The van der Waals surface area contributed by atoms with Crippen molar-refractivity contribution >= 4 is 35.0 Å². The van der Waals surface area contributed by atoms with Crippen LogP contribution in [0.4, 0.5) is 13.2 Å². The van der Waals surface area contributed by atoms with Gasteiger partial charge in [-0.25, -0.2) is 4.98 Å². The van der Waals surface area contributed by atoms with Gasteiger partial charge in [0.15, 0.2) is 0 Å². The molecule has 2 saturated heterocycles. The number of rotatable bonds is 7. The van der Waals surface area contributed by atoms with Gasteiger partial charge in [-0.2, -0.15) is 0 Å². The Hall–Kier alpha value is -2.35. The van der Waals surface area contributed by atoms with Gasteiger partial charge in [0.2, 0.25) is 5.91 Å². The number of carbonyl (C=O) groups is 2. The van der Waals surface area contributed by atoms with Crippen molar-refractivity contribution in [2.45, 2.75) is 43.3 Å². The van der Waals surface area contributed by atoms with E-state index in [4.69, 9.17) is 9.90 Å². The molecule has 1 aromatic heterocycles. The third-order valence-electron chi connectivity index (χ3n) is 5.58. The summed E-state index contributed by atoms with van der Waals surface area (Å²) in [5.74, 6) is -0.466. The number of likely N-dealkylation sites (tertiary alicyclic amines) is 1. The molecule has 8 nitrogen and oxygen atoms in total. The molecular weight excluding hydrogens is 517 g/mol. The number of aliphatic carboxylic acids is 1. The first-order valence-electron chi connectivity index (χ1n) is 11.4. The van der Waals surface area contributed by atoms with Crippen molar-refractivity contribution in [3.05, 3.63) is 35.3 Å². The highest BCUT2D eigenvalue weighted by Gasteiger charge is 2.34. The summed E-state index contributed by atoms with van der Waals surface area (Å²) in [6.07, 6.45) is -1.86. The lowest BCUT2D eigenvalue weighted by molar-refractivity contribution is -0.274. The van der Waals surface area contributed by atoms with Crippen LogP contribution < -0.4 is 15.4 Å². The average Bonchev–Trinajstić information content (AvgIpc) is 3.39. The van der Waals surface area contributed by atoms with Crippen LogP contribution in [0.1, 0.15) is 25.5 Å². The first-order chi connectivity index (χ1) is 17.0. The minimum atomic E-state index is -4.71. The molecule has 2 fully saturated rings. The number of nitrogens with one attached hydrogen (secondary N) is 2. The van der Waals surface area contributed by atoms with E-state index in [1.807, 2.05) is 5.38 Å². The first kappa shape index (κ1) is 28.2. The lowest BCUT2D eigenvalue weighted by Crippen LogP contribution is -2.42. The van der Waals surface area contributed by atoms with Crippen LogP contribution in [0, 0.1) is 5.92 Å². The summed E-state index contributed by atoms with van der Waals surface area (Å²) >= 11 is 2.98. The fourth-order valence-corrected chi connectivity index (χ4v) is 5.79. The predicted octanol–water partition coefficient (Wildman–Crippen LogP) is 3.79. The Balaban J connectivity index is 0.000000840. The van der Waals surface area contributed by atoms with Crippen molar-refractivity contribution in [3.8, 4) is 16.3 Å². The van der Waals surface area contributed by atoms with Gasteiger partial charge in [-0.05, 0) is 63.2 Å². The molecule has 4 rings (SSSR count). The monoisotopic (exact) mass is 546 g/mol. The van der Waals surface area contributed by atoms with Crippen LogP contribution in [0.3, 0.4) is 0 Å². The Labute approximate surface area is 215 Å². The summed E-state index contributed by atoms with van der Waals surface area (Å²) in [5.41, 5.74) is 1.41. The fourth-order valence-electron chi connectivity index (χ4n) is 3.78. The normalized spacial score (nSPS) is 21.0. The number of carboxylic acids is 1. The maximum Gasteiger partial charge on any atom is 0.573 e. The quantitative estimate of drug-likeness (QED) is 0.482. The molecule has 2 aliphatic heterocycles. The highest BCUT2D eigenvalue weighted by atomic mass is 32.2. The van der Waals surface area contributed by atoms with E-state index in [0.29, 0.717) is 22.9 Å². The number of carbonyl (C=O) groups excluding carboxylic acids is 1. The number of hydrogen-bond acceptors (Lipinski definition) is 8. The van der Waals surface area contributed by atoms with E-state index >= 15 is 0 Å². The lowest BCUT2D eigenvalue weighted by Gasteiger charge is -2.29. The van der Waals surface area contributed by atoms with Gasteiger partial charge < -0.3 is 20.1 Å². The van der Waals surface area contributed by atoms with Crippen molar-refractivity contribution in [1.29, 1.82) is 0 Å². The molecule has 198 valence electrons. The van der Waals surface area contributed by atoms with Crippen LogP contribution in [0.15, 0.2) is 29.6 Å². The van der Waals surface area contributed by atoms with Gasteiger partial charge in [-0.15, -0.1) is 36.3 Å². The zero-order valence-corrected chi connectivity index (χ0v) is 21.5. The van der Waals surface area contributed by atoms with E-state index in [0.717, 1.165) is 32.3 Å². The minimum absolute atomic E-state index is 0.000852. The summed E-state index contributed by atoms with van der Waals surface area (Å²) in [6.45, 7) is 4.21. The van der Waals surface area contributed by atoms with E-state index in [9.17, 15) is 18.0 Å². The second kappa shape index (κ2) is 12.7. The zero-order valence-electron chi connectivity index (χ0n) is 19.9. The third-order valence-corrected chi connectivity index (χ3v) is 7.78. The Morgan fingerprint density at radius 3 is 2.53 bits per heavy atom. The summed E-state index contributed by atoms with van der Waals surface area (Å²) in [6, 6.07) is 5.63. The minimum Gasteiger partial charge on any atom is -0.481 e. The van der Waals surface area contributed by atoms with Gasteiger partial charge in [-0.1, -0.05) is 0 Å². The van der Waals surface area contributed by atoms with Crippen molar-refractivity contribution < 1.29 is 32.6 Å². The molecule has 13 heteroatoms. The molecule has 2 unspecified atom stereocenters. The number of thiazole rings is 1. The van der Waals surface area contributed by atoms with Gasteiger partial charge in [0.25, 0.3) is 5.97 Å². The van der Waals surface area contributed by atoms with E-state index in [-0.39, 0.29) is 22.4 Å². The second-order valence-corrected chi connectivity index (χ2v) is 10.8. The van der Waals surface area contributed by atoms with Crippen molar-refractivity contribution in [2.24, 2.45) is 5.92 Å². The molecule has 36 heavy (non-hydrogen) atoms. The summed E-state index contributed by atoms with van der Waals surface area (Å²) in [5, 5.41) is 16.3. The van der Waals surface area contributed by atoms with Crippen LogP contribution in [0.25, 0.3) is 10.6 Å². The van der Waals surface area contributed by atoms with Crippen molar-refractivity contribution in [2.75, 3.05) is 26.7 Å². The number of amides is 1. The maximum absolute atomic E-state index is 12.4. The van der Waals surface area contributed by atoms with Crippen LogP contribution in [-0.4, -0.2) is 70.7 Å². The van der Waals surface area contributed by atoms with E-state index < -0.39 is 12.3 Å². The summed E-state index contributed by atoms with van der Waals surface area (Å²) < 4.78 is 40.8. The standard InChI is InChI=1S/C21H25F3N4O2S2.C2H4O2/c1-28-8-6-13(7-9-28)11-25-20-27-18(29)17(32-20)10-15-12-31-19(26-15)14-2-4-16(5-3-14)30-21(22,23)24;1-2(3)4/h2-5,12-13,17,20,25H,6-11H2,1H3,(H,27,29);1H3,(H,3,4). The predicted molar refractivity (Wildman–Crippen MR) is 133 cm³/mol. The van der Waals surface area contributed by atoms with E-state index in [2.05, 4.69) is 32.3 Å². The number of thioether (sulfide) groups is 1. The molecule has 0 saturated carbocycles. The second-order valence-electron chi connectivity index (χ2n) is 8.61. The molecule has 3 heterocycles. The molecule has 1 aromatic carbocycles. The number of benzene rings is 1. The van der Waals surface area contributed by atoms with Crippen molar-refractivity contribution in [3.63, 3.8) is 0 Å². The van der Waals surface area contributed by atoms with Gasteiger partial charge >= 0.3 is 6.36 Å². The number of carboxylic acid groups (broad SMARTS) is 1. The largest absolute Gasteiger partial charge is 0.573 e. The van der Waals surface area contributed by atoms with Crippen LogP contribution in [0.5, 0.6) is 5.75 Å². The molecule has 2 aliphatic rings. The number of piperidine rings is 1. The summed E-state index contributed by atoms with van der Waals surface area (Å²) in [4.78, 5) is 28.3. The molecule has 2 atom stereocenters. The lowest BCUT2D eigenvalue weighted by atomic mass is 9.97. The molecule has 1 amide bonds. The molecule has 0 radical (unpaired) electrons. The van der Waals surface area contributed by atoms with Gasteiger partial charge in [-0.3, -0.25) is 14.9 Å². The van der Waals surface area contributed by atoms with E-state index in [1.165, 1.54) is 36.3 Å². The molecule has 0 spiro atoms. The van der Waals surface area contributed by atoms with Crippen LogP contribution in [-0.2, 0) is 16.0 Å². The Morgan fingerprint density at radius 2 is 1.92 bits per heavy atom. The summed E-state index contributed by atoms with van der Waals surface area (Å²) in [7, 11) is 2.14. The highest BCUT2D eigenvalue weighted by molar-refractivity contribution is 8.01. The Bertz CT molecular complexity index is 1010. The topological polar surface area (TPSA) is 104 Å². The number of alkyl halides is 3. The van der Waals surface area contributed by atoms with Gasteiger partial charge in [0.05, 0.1) is 10.9 Å². The molecule has 3 N–H and O–H groups in total. The molecule has 0 bridgehead atoms. The first-order valence-corrected chi connectivity index (χ1v) is 13.2. The van der Waals surface area contributed by atoms with Gasteiger partial charge in [0, 0.05) is 30.8 Å².